The second-order valence-electron chi connectivity index (χ2n) is 12.6. The van der Waals surface area contributed by atoms with Crippen molar-refractivity contribution >= 4 is 52.6 Å². The molecule has 0 aliphatic carbocycles. The number of rotatable bonds is 15. The molecule has 2 N–H and O–H groups in total. The highest BCUT2D eigenvalue weighted by Crippen LogP contribution is 2.38. The van der Waals surface area contributed by atoms with Gasteiger partial charge in [0.15, 0.2) is 18.3 Å². The molecule has 2 aliphatic rings. The number of H-pyrrole nitrogens is 1. The molecule has 2 aliphatic heterocycles. The smallest absolute Gasteiger partial charge is 0.337 e. The highest BCUT2D eigenvalue weighted by molar-refractivity contribution is 5.91. The molecule has 4 rings (SSSR count). The predicted molar refractivity (Wildman–Crippen MR) is 186 cm³/mol. The highest BCUT2D eigenvalue weighted by atomic mass is 16.8. The van der Waals surface area contributed by atoms with Crippen LogP contribution in [0.5, 0.6) is 0 Å². The van der Waals surface area contributed by atoms with Crippen LogP contribution in [0.4, 0.5) is 0 Å². The number of esters is 6. The van der Waals surface area contributed by atoms with E-state index >= 15 is 0 Å². The number of nitrogens with one attached hydrogen (secondary N) is 2. The van der Waals surface area contributed by atoms with E-state index in [4.69, 9.17) is 42.6 Å². The van der Waals surface area contributed by atoms with Crippen LogP contribution in [-0.2, 0) is 82.6 Å². The molecule has 55 heavy (non-hydrogen) atoms. The number of amides is 1. The quantitative estimate of drug-likeness (QED) is 0.149. The van der Waals surface area contributed by atoms with Gasteiger partial charge in [0, 0.05) is 69.5 Å². The van der Waals surface area contributed by atoms with Gasteiger partial charge in [-0.25, -0.2) is 9.59 Å². The number of ether oxygens (including phenoxy) is 9. The summed E-state index contributed by atoms with van der Waals surface area (Å²) in [6.45, 7) is 7.69. The fourth-order valence-corrected chi connectivity index (χ4v) is 6.42. The SMILES string of the molecule is C=C[C@H]1[C@H](O[C@@H]2O[C@H](COC(C)=O)[C@@H](OC(C)=O)[C@H](OC(C)=O)[C@H]2OC(C)=O)OC=C(C(=O)OC)[C@H]1CC(=O)N[C@@H](Cc1c[nH]c2ccccc12)C(=O)OC. The first kappa shape index (κ1) is 42.0. The van der Waals surface area contributed by atoms with Gasteiger partial charge in [0.2, 0.25) is 18.5 Å². The lowest BCUT2D eigenvalue weighted by atomic mass is 9.81. The third-order valence-corrected chi connectivity index (χ3v) is 8.74. The van der Waals surface area contributed by atoms with Gasteiger partial charge in [0.05, 0.1) is 26.1 Å². The number of benzene rings is 1. The molecule has 1 aromatic heterocycles. The molecule has 18 heteroatoms. The van der Waals surface area contributed by atoms with E-state index in [1.165, 1.54) is 13.2 Å². The molecule has 0 spiro atoms. The van der Waals surface area contributed by atoms with Crippen LogP contribution in [0.1, 0.15) is 39.7 Å². The zero-order valence-electron chi connectivity index (χ0n) is 31.1. The summed E-state index contributed by atoms with van der Waals surface area (Å²) in [4.78, 5) is 91.2. The van der Waals surface area contributed by atoms with Crippen molar-refractivity contribution in [3.8, 4) is 0 Å². The van der Waals surface area contributed by atoms with Crippen molar-refractivity contribution in [2.24, 2.45) is 11.8 Å². The zero-order chi connectivity index (χ0) is 40.4. The molecule has 3 heterocycles. The molecule has 298 valence electrons. The number of aromatic amines is 1. The lowest BCUT2D eigenvalue weighted by Gasteiger charge is -2.45. The summed E-state index contributed by atoms with van der Waals surface area (Å²) in [7, 11) is 2.33. The van der Waals surface area contributed by atoms with Crippen molar-refractivity contribution in [3.05, 3.63) is 60.5 Å². The van der Waals surface area contributed by atoms with Gasteiger partial charge in [-0.05, 0) is 11.6 Å². The Labute approximate surface area is 315 Å². The molecule has 2 aromatic rings. The maximum Gasteiger partial charge on any atom is 0.337 e. The summed E-state index contributed by atoms with van der Waals surface area (Å²) in [5, 5.41) is 3.55. The van der Waals surface area contributed by atoms with E-state index in [-0.39, 0.29) is 12.0 Å². The van der Waals surface area contributed by atoms with E-state index in [9.17, 15) is 33.6 Å². The highest BCUT2D eigenvalue weighted by Gasteiger charge is 2.54. The number of para-hydroxylation sites is 1. The van der Waals surface area contributed by atoms with Crippen molar-refractivity contribution in [2.45, 2.75) is 83.6 Å². The zero-order valence-corrected chi connectivity index (χ0v) is 31.1. The van der Waals surface area contributed by atoms with Crippen LogP contribution in [0.15, 0.2) is 55.0 Å². The average Bonchev–Trinajstić information content (AvgIpc) is 3.54. The van der Waals surface area contributed by atoms with Crippen molar-refractivity contribution in [1.82, 2.24) is 10.3 Å². The predicted octanol–water partition coefficient (Wildman–Crippen LogP) is 1.69. The number of fused-ring (bicyclic) bond motifs is 1. The van der Waals surface area contributed by atoms with Crippen LogP contribution < -0.4 is 5.32 Å². The minimum Gasteiger partial charge on any atom is -0.471 e. The van der Waals surface area contributed by atoms with Gasteiger partial charge in [-0.2, -0.15) is 0 Å². The molecule has 1 amide bonds. The van der Waals surface area contributed by atoms with E-state index in [2.05, 4.69) is 16.9 Å². The van der Waals surface area contributed by atoms with E-state index in [1.54, 1.807) is 6.20 Å². The van der Waals surface area contributed by atoms with Crippen LogP contribution in [-0.4, -0.2) is 111 Å². The molecule has 0 saturated carbocycles. The molecule has 18 nitrogen and oxygen atoms in total. The molecule has 0 unspecified atom stereocenters. The maximum absolute atomic E-state index is 13.7. The minimum absolute atomic E-state index is 0.0739. The fraction of sp³-hybridized carbons (Fsp3) is 0.486. The van der Waals surface area contributed by atoms with Crippen LogP contribution in [0.2, 0.25) is 0 Å². The largest absolute Gasteiger partial charge is 0.471 e. The number of carbonyl (C=O) groups is 7. The summed E-state index contributed by atoms with van der Waals surface area (Å²) in [6.07, 6.45) is -5.20. The standard InChI is InChI=1S/C37H44N2O16/c1-8-23-25(14-30(44)39-28(35(46)48-7)13-22-15-38-27-12-10-9-11-24(22)27)26(34(45)47-6)16-50-36(23)55-37-33(53-21(5)43)32(52-20(4)42)31(51-19(3)41)29(54-37)17-49-18(2)40/h8-12,15-16,23,25,28-29,31-33,36-38H,1,13-14,17H2,2-7H3,(H,39,44)/t23-,25+,28+,29-,31-,32+,33-,36+,37+/m1/s1. The number of aromatic nitrogens is 1. The molecular formula is C37H44N2O16. The Bertz CT molecular complexity index is 1800. The lowest BCUT2D eigenvalue weighted by molar-refractivity contribution is -0.342. The summed E-state index contributed by atoms with van der Waals surface area (Å²) < 4.78 is 49.5. The van der Waals surface area contributed by atoms with Crippen LogP contribution in [0.25, 0.3) is 10.9 Å². The first-order valence-electron chi connectivity index (χ1n) is 17.1. The molecule has 0 radical (unpaired) electrons. The second kappa shape index (κ2) is 19.0. The first-order valence-corrected chi connectivity index (χ1v) is 17.1. The molecule has 0 bridgehead atoms. The number of hydrogen-bond donors (Lipinski definition) is 2. The molecule has 1 fully saturated rings. The van der Waals surface area contributed by atoms with Crippen molar-refractivity contribution < 1.29 is 76.2 Å². The Balaban J connectivity index is 1.65. The molecule has 1 saturated heterocycles. The Morgan fingerprint density at radius 2 is 1.53 bits per heavy atom. The van der Waals surface area contributed by atoms with Gasteiger partial charge in [-0.15, -0.1) is 6.58 Å². The van der Waals surface area contributed by atoms with Crippen LogP contribution >= 0.6 is 0 Å². The minimum atomic E-state index is -1.66. The monoisotopic (exact) mass is 772 g/mol. The molecule has 9 atom stereocenters. The van der Waals surface area contributed by atoms with Crippen molar-refractivity contribution in [1.29, 1.82) is 0 Å². The summed E-state index contributed by atoms with van der Waals surface area (Å²) in [5.41, 5.74) is 1.50. The maximum atomic E-state index is 13.7. The molecular weight excluding hydrogens is 728 g/mol. The number of hydrogen-bond acceptors (Lipinski definition) is 16. The van der Waals surface area contributed by atoms with Gasteiger partial charge in [0.25, 0.3) is 0 Å². The van der Waals surface area contributed by atoms with Gasteiger partial charge in [0.1, 0.15) is 18.8 Å². The Kier molecular flexibility index (Phi) is 14.5. The second-order valence-corrected chi connectivity index (χ2v) is 12.6. The summed E-state index contributed by atoms with van der Waals surface area (Å²) in [5.74, 6) is -7.51. The third kappa shape index (κ3) is 10.7. The van der Waals surface area contributed by atoms with E-state index < -0.39 is 110 Å². The van der Waals surface area contributed by atoms with Crippen molar-refractivity contribution in [2.75, 3.05) is 20.8 Å². The van der Waals surface area contributed by atoms with Crippen molar-refractivity contribution in [3.63, 3.8) is 0 Å². The summed E-state index contributed by atoms with van der Waals surface area (Å²) >= 11 is 0. The lowest BCUT2D eigenvalue weighted by Crippen LogP contribution is -2.63. The van der Waals surface area contributed by atoms with Gasteiger partial charge in [-0.1, -0.05) is 24.3 Å². The third-order valence-electron chi connectivity index (χ3n) is 8.74. The Morgan fingerprint density at radius 3 is 2.15 bits per heavy atom. The Hall–Kier alpha value is -5.75. The van der Waals surface area contributed by atoms with Gasteiger partial charge >= 0.3 is 35.8 Å². The normalized spacial score (nSPS) is 25.2. The van der Waals surface area contributed by atoms with Crippen LogP contribution in [0, 0.1) is 11.8 Å². The first-order chi connectivity index (χ1) is 26.2. The van der Waals surface area contributed by atoms with E-state index in [1.807, 2.05) is 24.3 Å². The molecule has 1 aromatic carbocycles. The Morgan fingerprint density at radius 1 is 0.873 bits per heavy atom. The van der Waals surface area contributed by atoms with E-state index in [0.717, 1.165) is 57.5 Å². The summed E-state index contributed by atoms with van der Waals surface area (Å²) in [6, 6.07) is 6.31. The number of carbonyl (C=O) groups excluding carboxylic acids is 7. The number of methoxy groups -OCH3 is 2. The van der Waals surface area contributed by atoms with Gasteiger partial charge in [-0.3, -0.25) is 24.0 Å². The van der Waals surface area contributed by atoms with Gasteiger partial charge < -0.3 is 52.9 Å². The van der Waals surface area contributed by atoms with Crippen LogP contribution in [0.3, 0.4) is 0 Å². The van der Waals surface area contributed by atoms with E-state index in [0.29, 0.717) is 0 Å². The average molecular weight is 773 g/mol. The fourth-order valence-electron chi connectivity index (χ4n) is 6.42. The topological polar surface area (TPSA) is 230 Å².